The first-order valence-electron chi connectivity index (χ1n) is 6.25. The molecule has 0 aliphatic carbocycles. The van der Waals surface area contributed by atoms with Gasteiger partial charge in [0, 0.05) is 5.54 Å². The fourth-order valence-electron chi connectivity index (χ4n) is 1.53. The van der Waals surface area contributed by atoms with Crippen LogP contribution in [0.25, 0.3) is 0 Å². The minimum Gasteiger partial charge on any atom is -0.370 e. The van der Waals surface area contributed by atoms with E-state index in [0.717, 1.165) is 5.56 Å². The SMILES string of the molecule is CNS(=O)(=O)c1cccc(CN=C(N)NC(C)(C)C)c1. The van der Waals surface area contributed by atoms with Crippen LogP contribution in [-0.4, -0.2) is 27.0 Å². The molecule has 0 amide bonds. The van der Waals surface area contributed by atoms with Crippen LogP contribution in [0.15, 0.2) is 34.2 Å². The minimum absolute atomic E-state index is 0.162. The topological polar surface area (TPSA) is 96.6 Å². The lowest BCUT2D eigenvalue weighted by Crippen LogP contribution is -2.44. The summed E-state index contributed by atoms with van der Waals surface area (Å²) in [5.41, 5.74) is 6.38. The third kappa shape index (κ3) is 5.18. The summed E-state index contributed by atoms with van der Waals surface area (Å²) < 4.78 is 25.7. The largest absolute Gasteiger partial charge is 0.370 e. The maximum atomic E-state index is 11.7. The Balaban J connectivity index is 2.85. The van der Waals surface area contributed by atoms with Gasteiger partial charge in [0.1, 0.15) is 0 Å². The zero-order valence-electron chi connectivity index (χ0n) is 12.3. The Kier molecular flexibility index (Phi) is 5.13. The smallest absolute Gasteiger partial charge is 0.240 e. The monoisotopic (exact) mass is 298 g/mol. The summed E-state index contributed by atoms with van der Waals surface area (Å²) in [7, 11) is -2.05. The van der Waals surface area contributed by atoms with Gasteiger partial charge in [-0.2, -0.15) is 0 Å². The van der Waals surface area contributed by atoms with Crippen molar-refractivity contribution < 1.29 is 8.42 Å². The number of hydrogen-bond acceptors (Lipinski definition) is 3. The molecule has 0 spiro atoms. The van der Waals surface area contributed by atoms with E-state index in [-0.39, 0.29) is 10.4 Å². The van der Waals surface area contributed by atoms with Gasteiger partial charge in [-0.25, -0.2) is 18.1 Å². The van der Waals surface area contributed by atoms with E-state index in [9.17, 15) is 8.42 Å². The molecular formula is C13H22N4O2S. The van der Waals surface area contributed by atoms with Crippen LogP contribution >= 0.6 is 0 Å². The predicted octanol–water partition coefficient (Wildman–Crippen LogP) is 0.798. The van der Waals surface area contributed by atoms with Crippen molar-refractivity contribution in [3.8, 4) is 0 Å². The molecule has 0 aromatic heterocycles. The molecule has 0 fully saturated rings. The highest BCUT2D eigenvalue weighted by atomic mass is 32.2. The van der Waals surface area contributed by atoms with Crippen molar-refractivity contribution in [1.82, 2.24) is 10.0 Å². The van der Waals surface area contributed by atoms with Crippen molar-refractivity contribution in [2.75, 3.05) is 7.05 Å². The second-order valence-corrected chi connectivity index (χ2v) is 7.32. The second kappa shape index (κ2) is 6.23. The van der Waals surface area contributed by atoms with E-state index in [1.807, 2.05) is 26.8 Å². The average molecular weight is 298 g/mol. The van der Waals surface area contributed by atoms with Gasteiger partial charge in [0.05, 0.1) is 11.4 Å². The fraction of sp³-hybridized carbons (Fsp3) is 0.462. The van der Waals surface area contributed by atoms with Gasteiger partial charge in [-0.1, -0.05) is 12.1 Å². The molecular weight excluding hydrogens is 276 g/mol. The van der Waals surface area contributed by atoms with Crippen molar-refractivity contribution in [2.24, 2.45) is 10.7 Å². The van der Waals surface area contributed by atoms with Crippen LogP contribution in [0.2, 0.25) is 0 Å². The fourth-order valence-corrected chi connectivity index (χ4v) is 2.33. The Bertz CT molecular complexity index is 589. The van der Waals surface area contributed by atoms with Crippen LogP contribution in [-0.2, 0) is 16.6 Å². The van der Waals surface area contributed by atoms with Gasteiger partial charge >= 0.3 is 0 Å². The van der Waals surface area contributed by atoms with E-state index >= 15 is 0 Å². The van der Waals surface area contributed by atoms with Crippen LogP contribution in [0.3, 0.4) is 0 Å². The molecule has 0 radical (unpaired) electrons. The number of rotatable bonds is 4. The molecule has 7 heteroatoms. The highest BCUT2D eigenvalue weighted by Gasteiger charge is 2.12. The summed E-state index contributed by atoms with van der Waals surface area (Å²) >= 11 is 0. The molecule has 6 nitrogen and oxygen atoms in total. The third-order valence-electron chi connectivity index (χ3n) is 2.41. The molecule has 0 saturated carbocycles. The molecule has 0 heterocycles. The summed E-state index contributed by atoms with van der Waals surface area (Å²) in [6, 6.07) is 6.61. The van der Waals surface area contributed by atoms with Crippen molar-refractivity contribution in [3.63, 3.8) is 0 Å². The average Bonchev–Trinajstić information content (AvgIpc) is 2.35. The zero-order chi connectivity index (χ0) is 15.4. The number of nitrogens with zero attached hydrogens (tertiary/aromatic N) is 1. The first-order chi connectivity index (χ1) is 9.14. The molecule has 0 aliphatic heterocycles. The minimum atomic E-state index is -3.43. The lowest BCUT2D eigenvalue weighted by Gasteiger charge is -2.21. The van der Waals surface area contributed by atoms with E-state index in [2.05, 4.69) is 15.0 Å². The maximum Gasteiger partial charge on any atom is 0.240 e. The van der Waals surface area contributed by atoms with Gasteiger partial charge in [-0.15, -0.1) is 0 Å². The van der Waals surface area contributed by atoms with Gasteiger partial charge in [-0.05, 0) is 45.5 Å². The molecule has 20 heavy (non-hydrogen) atoms. The lowest BCUT2D eigenvalue weighted by atomic mass is 10.1. The molecule has 0 atom stereocenters. The molecule has 112 valence electrons. The Morgan fingerprint density at radius 3 is 2.55 bits per heavy atom. The number of sulfonamides is 1. The number of nitrogens with two attached hydrogens (primary N) is 1. The van der Waals surface area contributed by atoms with Gasteiger partial charge in [0.2, 0.25) is 10.0 Å². The zero-order valence-corrected chi connectivity index (χ0v) is 13.1. The van der Waals surface area contributed by atoms with Gasteiger partial charge in [0.15, 0.2) is 5.96 Å². The summed E-state index contributed by atoms with van der Waals surface area (Å²) in [4.78, 5) is 4.41. The number of guanidine groups is 1. The molecule has 0 saturated heterocycles. The molecule has 1 rings (SSSR count). The van der Waals surface area contributed by atoms with Crippen molar-refractivity contribution >= 4 is 16.0 Å². The first-order valence-corrected chi connectivity index (χ1v) is 7.73. The Labute approximate surface area is 120 Å². The van der Waals surface area contributed by atoms with E-state index in [1.165, 1.54) is 13.1 Å². The summed E-state index contributed by atoms with van der Waals surface area (Å²) in [6.45, 7) is 6.27. The van der Waals surface area contributed by atoms with Crippen LogP contribution in [0.4, 0.5) is 0 Å². The van der Waals surface area contributed by atoms with Crippen molar-refractivity contribution in [1.29, 1.82) is 0 Å². The maximum absolute atomic E-state index is 11.7. The Hall–Kier alpha value is -1.60. The van der Waals surface area contributed by atoms with Gasteiger partial charge in [-0.3, -0.25) is 0 Å². The van der Waals surface area contributed by atoms with E-state index < -0.39 is 10.0 Å². The predicted molar refractivity (Wildman–Crippen MR) is 80.9 cm³/mol. The van der Waals surface area contributed by atoms with E-state index in [0.29, 0.717) is 12.5 Å². The standard InChI is InChI=1S/C13H22N4O2S/c1-13(2,3)17-12(14)16-9-10-6-5-7-11(8-10)20(18,19)15-4/h5-8,15H,9H2,1-4H3,(H3,14,16,17). The number of hydrogen-bond donors (Lipinski definition) is 3. The van der Waals surface area contributed by atoms with E-state index in [4.69, 9.17) is 5.73 Å². The Morgan fingerprint density at radius 1 is 1.35 bits per heavy atom. The van der Waals surface area contributed by atoms with Gasteiger partial charge < -0.3 is 11.1 Å². The Morgan fingerprint density at radius 2 is 2.00 bits per heavy atom. The number of nitrogens with one attached hydrogen (secondary N) is 2. The first kappa shape index (κ1) is 16.5. The molecule has 4 N–H and O–H groups in total. The van der Waals surface area contributed by atoms with Crippen molar-refractivity contribution in [3.05, 3.63) is 29.8 Å². The molecule has 0 unspecified atom stereocenters. The molecule has 0 bridgehead atoms. The van der Waals surface area contributed by atoms with Crippen LogP contribution in [0.1, 0.15) is 26.3 Å². The van der Waals surface area contributed by atoms with Crippen LogP contribution in [0.5, 0.6) is 0 Å². The summed E-state index contributed by atoms with van der Waals surface area (Å²) in [5.74, 6) is 0.333. The number of aliphatic imine (C=N–C) groups is 1. The molecule has 1 aromatic rings. The highest BCUT2D eigenvalue weighted by Crippen LogP contribution is 2.11. The summed E-state index contributed by atoms with van der Waals surface area (Å²) in [6.07, 6.45) is 0. The second-order valence-electron chi connectivity index (χ2n) is 5.43. The van der Waals surface area contributed by atoms with Crippen LogP contribution in [0, 0.1) is 0 Å². The van der Waals surface area contributed by atoms with Crippen molar-refractivity contribution in [2.45, 2.75) is 37.8 Å². The summed E-state index contributed by atoms with van der Waals surface area (Å²) in [5, 5.41) is 3.04. The van der Waals surface area contributed by atoms with Crippen LogP contribution < -0.4 is 15.8 Å². The lowest BCUT2D eigenvalue weighted by molar-refractivity contribution is 0.508. The molecule has 1 aromatic carbocycles. The third-order valence-corrected chi connectivity index (χ3v) is 3.82. The quantitative estimate of drug-likeness (QED) is 0.566. The molecule has 0 aliphatic rings. The van der Waals surface area contributed by atoms with Gasteiger partial charge in [0.25, 0.3) is 0 Å². The highest BCUT2D eigenvalue weighted by molar-refractivity contribution is 7.89. The number of benzene rings is 1. The normalized spacial score (nSPS) is 13.3. The van der Waals surface area contributed by atoms with E-state index in [1.54, 1.807) is 12.1 Å².